The van der Waals surface area contributed by atoms with E-state index in [1.165, 1.54) is 5.56 Å². The molecule has 0 saturated carbocycles. The summed E-state index contributed by atoms with van der Waals surface area (Å²) >= 11 is 0. The molecule has 6 nitrogen and oxygen atoms in total. The van der Waals surface area contributed by atoms with Gasteiger partial charge < -0.3 is 24.8 Å². The summed E-state index contributed by atoms with van der Waals surface area (Å²) in [7, 11) is 0. The van der Waals surface area contributed by atoms with Crippen molar-refractivity contribution in [1.82, 2.24) is 15.2 Å². The van der Waals surface area contributed by atoms with Crippen LogP contribution in [0.2, 0.25) is 0 Å². The number of hydrogen-bond acceptors (Lipinski definition) is 6. The Bertz CT molecular complexity index is 1140. The van der Waals surface area contributed by atoms with E-state index in [4.69, 9.17) is 9.47 Å². The molecule has 1 atom stereocenters. The number of ether oxygens (including phenoxy) is 2. The van der Waals surface area contributed by atoms with Gasteiger partial charge in [0.1, 0.15) is 13.2 Å². The van der Waals surface area contributed by atoms with Gasteiger partial charge in [-0.25, -0.2) is 0 Å². The number of nitrogens with one attached hydrogen (secondary N) is 1. The summed E-state index contributed by atoms with van der Waals surface area (Å²) < 4.78 is 11.4. The Kier molecular flexibility index (Phi) is 8.83. The van der Waals surface area contributed by atoms with Gasteiger partial charge in [-0.15, -0.1) is 0 Å². The van der Waals surface area contributed by atoms with Gasteiger partial charge in [0, 0.05) is 43.3 Å². The minimum Gasteiger partial charge on any atom is -0.486 e. The van der Waals surface area contributed by atoms with Crippen LogP contribution in [0, 0.1) is 6.92 Å². The molecule has 0 bridgehead atoms. The summed E-state index contributed by atoms with van der Waals surface area (Å²) in [5.41, 5.74) is 4.36. The van der Waals surface area contributed by atoms with Gasteiger partial charge in [0.05, 0.1) is 11.6 Å². The molecule has 0 spiro atoms. The van der Waals surface area contributed by atoms with Crippen molar-refractivity contribution < 1.29 is 14.6 Å². The predicted molar refractivity (Wildman–Crippen MR) is 146 cm³/mol. The van der Waals surface area contributed by atoms with E-state index in [9.17, 15) is 5.11 Å². The first kappa shape index (κ1) is 26.4. The van der Waals surface area contributed by atoms with Crippen LogP contribution in [-0.2, 0) is 6.54 Å². The number of aryl methyl sites for hydroxylation is 1. The van der Waals surface area contributed by atoms with Gasteiger partial charge in [-0.1, -0.05) is 39.0 Å². The second-order valence-electron chi connectivity index (χ2n) is 9.71. The summed E-state index contributed by atoms with van der Waals surface area (Å²) in [4.78, 5) is 6.92. The zero-order chi connectivity index (χ0) is 25.5. The molecule has 0 aliphatic carbocycles. The van der Waals surface area contributed by atoms with E-state index >= 15 is 0 Å². The molecular weight excluding hydrogens is 450 g/mol. The number of β-amino-alcohol motifs (C(OH)–C–C–N with tert-alkyl or cyclic N) is 1. The number of hydrogen-bond donors (Lipinski definition) is 2. The van der Waals surface area contributed by atoms with Crippen LogP contribution in [0.25, 0.3) is 10.9 Å². The van der Waals surface area contributed by atoms with Crippen molar-refractivity contribution in [3.05, 3.63) is 65.4 Å². The number of piperidine rings is 1. The molecule has 0 radical (unpaired) electrons. The Morgan fingerprint density at radius 3 is 2.56 bits per heavy atom. The topological polar surface area (TPSA) is 66.8 Å². The molecule has 3 heterocycles. The molecule has 1 fully saturated rings. The normalized spacial score (nSPS) is 17.8. The van der Waals surface area contributed by atoms with Gasteiger partial charge in [0.25, 0.3) is 0 Å². The van der Waals surface area contributed by atoms with E-state index in [0.717, 1.165) is 72.4 Å². The first-order valence-corrected chi connectivity index (χ1v) is 13.4. The molecular formula is C30H41N3O3. The minimum atomic E-state index is -0.521. The van der Waals surface area contributed by atoms with Crippen molar-refractivity contribution in [2.45, 2.75) is 65.1 Å². The fourth-order valence-electron chi connectivity index (χ4n) is 5.22. The number of rotatable bonds is 7. The van der Waals surface area contributed by atoms with Crippen LogP contribution in [0.15, 0.2) is 48.7 Å². The Balaban J connectivity index is 0.00000148. The smallest absolute Gasteiger partial charge is 0.161 e. The van der Waals surface area contributed by atoms with E-state index in [0.29, 0.717) is 19.8 Å². The molecule has 194 valence electrons. The molecule has 3 aromatic rings. The molecule has 2 aromatic carbocycles. The lowest BCUT2D eigenvalue weighted by Gasteiger charge is -2.43. The van der Waals surface area contributed by atoms with Gasteiger partial charge in [-0.05, 0) is 67.1 Å². The second kappa shape index (κ2) is 12.0. The highest BCUT2D eigenvalue weighted by molar-refractivity contribution is 5.83. The zero-order valence-corrected chi connectivity index (χ0v) is 22.2. The largest absolute Gasteiger partial charge is 0.486 e. The number of pyridine rings is 1. The van der Waals surface area contributed by atoms with E-state index in [1.807, 2.05) is 51.2 Å². The molecule has 2 aliphatic rings. The average Bonchev–Trinajstić information content (AvgIpc) is 2.93. The number of benzene rings is 2. The van der Waals surface area contributed by atoms with Crippen LogP contribution in [0.4, 0.5) is 0 Å². The van der Waals surface area contributed by atoms with Crippen molar-refractivity contribution in [2.24, 2.45) is 0 Å². The number of aliphatic hydroxyl groups excluding tert-OH is 1. The van der Waals surface area contributed by atoms with Gasteiger partial charge in [-0.2, -0.15) is 0 Å². The number of nitrogens with zero attached hydrogens (tertiary/aromatic N) is 2. The van der Waals surface area contributed by atoms with E-state index in [1.54, 1.807) is 0 Å². The van der Waals surface area contributed by atoms with Crippen LogP contribution in [0.1, 0.15) is 62.8 Å². The number of aromatic nitrogens is 1. The van der Waals surface area contributed by atoms with Crippen molar-refractivity contribution in [2.75, 3.05) is 32.8 Å². The summed E-state index contributed by atoms with van der Waals surface area (Å²) in [5.74, 6) is 1.68. The van der Waals surface area contributed by atoms with Gasteiger partial charge in [0.2, 0.25) is 0 Å². The lowest BCUT2D eigenvalue weighted by molar-refractivity contribution is 0.0718. The van der Waals surface area contributed by atoms with Gasteiger partial charge in [0.15, 0.2) is 11.5 Å². The summed E-state index contributed by atoms with van der Waals surface area (Å²) in [5, 5.41) is 16.0. The molecule has 1 saturated heterocycles. The first-order valence-electron chi connectivity index (χ1n) is 13.4. The minimum absolute atomic E-state index is 0.120. The molecule has 5 rings (SSSR count). The summed E-state index contributed by atoms with van der Waals surface area (Å²) in [6, 6.07) is 14.4. The third-order valence-electron chi connectivity index (χ3n) is 7.45. The number of likely N-dealkylation sites (tertiary alicyclic amines) is 1. The molecule has 2 N–H and O–H groups in total. The Morgan fingerprint density at radius 1 is 1.06 bits per heavy atom. The fraction of sp³-hybridized carbons (Fsp3) is 0.500. The predicted octanol–water partition coefficient (Wildman–Crippen LogP) is 5.41. The lowest BCUT2D eigenvalue weighted by Crippen LogP contribution is -2.53. The van der Waals surface area contributed by atoms with E-state index < -0.39 is 6.10 Å². The summed E-state index contributed by atoms with van der Waals surface area (Å²) in [6.45, 7) is 13.0. The quantitative estimate of drug-likeness (QED) is 0.461. The monoisotopic (exact) mass is 491 g/mol. The first-order chi connectivity index (χ1) is 17.5. The molecule has 6 heteroatoms. The fourth-order valence-corrected chi connectivity index (χ4v) is 5.22. The zero-order valence-electron chi connectivity index (χ0n) is 22.2. The van der Waals surface area contributed by atoms with Crippen LogP contribution in [0.3, 0.4) is 0 Å². The standard InChI is InChI=1S/C28H35N3O3.C2H6/c1-3-28(30-18-21-7-8-26-27(16-21)34-14-13-33-26)9-11-31(12-10-28)19-25(32)22-5-4-6-24-23(22)15-20(2)17-29-24;1-2/h4-8,15-17,25,30,32H,3,9-14,18-19H2,1-2H3;1-2H3. The van der Waals surface area contributed by atoms with Crippen molar-refractivity contribution in [3.8, 4) is 11.5 Å². The SMILES string of the molecule is CC.CCC1(NCc2ccc3c(c2)OCCO3)CCN(CC(O)c2cccc3ncc(C)cc23)CC1. The van der Waals surface area contributed by atoms with Crippen molar-refractivity contribution in [1.29, 1.82) is 0 Å². The lowest BCUT2D eigenvalue weighted by atomic mass is 9.84. The molecule has 36 heavy (non-hydrogen) atoms. The van der Waals surface area contributed by atoms with E-state index in [-0.39, 0.29) is 5.54 Å². The maximum absolute atomic E-state index is 11.1. The Morgan fingerprint density at radius 2 is 1.81 bits per heavy atom. The number of aliphatic hydroxyl groups is 1. The van der Waals surface area contributed by atoms with Gasteiger partial charge >= 0.3 is 0 Å². The maximum Gasteiger partial charge on any atom is 0.161 e. The third kappa shape index (κ3) is 6.00. The van der Waals surface area contributed by atoms with Crippen LogP contribution in [0.5, 0.6) is 11.5 Å². The van der Waals surface area contributed by atoms with Crippen molar-refractivity contribution >= 4 is 10.9 Å². The van der Waals surface area contributed by atoms with Gasteiger partial charge in [-0.3, -0.25) is 4.98 Å². The van der Waals surface area contributed by atoms with Crippen LogP contribution < -0.4 is 14.8 Å². The highest BCUT2D eigenvalue weighted by Crippen LogP contribution is 2.32. The maximum atomic E-state index is 11.1. The number of fused-ring (bicyclic) bond motifs is 2. The average molecular weight is 492 g/mol. The van der Waals surface area contributed by atoms with Crippen molar-refractivity contribution in [3.63, 3.8) is 0 Å². The highest BCUT2D eigenvalue weighted by atomic mass is 16.6. The highest BCUT2D eigenvalue weighted by Gasteiger charge is 2.33. The molecule has 2 aliphatic heterocycles. The van der Waals surface area contributed by atoms with E-state index in [2.05, 4.69) is 40.3 Å². The second-order valence-corrected chi connectivity index (χ2v) is 9.71. The van der Waals surface area contributed by atoms with Crippen LogP contribution in [-0.4, -0.2) is 53.4 Å². The molecule has 0 amide bonds. The Labute approximate surface area is 215 Å². The molecule has 1 aromatic heterocycles. The Hall–Kier alpha value is -2.67. The third-order valence-corrected chi connectivity index (χ3v) is 7.45. The molecule has 1 unspecified atom stereocenters. The summed E-state index contributed by atoms with van der Waals surface area (Å²) in [6.07, 6.45) is 4.58. The van der Waals surface area contributed by atoms with Crippen LogP contribution >= 0.6 is 0 Å².